The Bertz CT molecular complexity index is 878. The number of hydrogen-bond acceptors (Lipinski definition) is 5. The second-order valence-electron chi connectivity index (χ2n) is 10.9. The molecule has 2 unspecified atom stereocenters. The van der Waals surface area contributed by atoms with Gasteiger partial charge in [0.25, 0.3) is 0 Å². The molecule has 182 valence electrons. The number of nitrogens with zero attached hydrogens (tertiary/aromatic N) is 4. The van der Waals surface area contributed by atoms with Crippen LogP contribution >= 0.6 is 0 Å². The molecule has 2 aliphatic heterocycles. The number of halogens is 1. The fraction of sp³-hybridized carbons (Fsp3) is 0.654. The summed E-state index contributed by atoms with van der Waals surface area (Å²) in [6.45, 7) is 16.0. The Morgan fingerprint density at radius 1 is 1.03 bits per heavy atom. The topological polar surface area (TPSA) is 47.6 Å². The second-order valence-corrected chi connectivity index (χ2v) is 10.9. The fourth-order valence-corrected chi connectivity index (χ4v) is 5.07. The molecule has 0 aliphatic carbocycles. The molecule has 2 aromatic rings. The predicted molar refractivity (Wildman–Crippen MR) is 130 cm³/mol. The smallest absolute Gasteiger partial charge is 0.123 e. The lowest BCUT2D eigenvalue weighted by molar-refractivity contribution is -0.0283. The largest absolute Gasteiger partial charge is 0.376 e. The van der Waals surface area contributed by atoms with Crippen molar-refractivity contribution in [1.82, 2.24) is 24.9 Å². The lowest BCUT2D eigenvalue weighted by atomic mass is 9.96. The molecule has 0 spiro atoms. The first kappa shape index (κ1) is 24.3. The third-order valence-corrected chi connectivity index (χ3v) is 6.93. The molecule has 2 saturated heterocycles. The maximum atomic E-state index is 13.4. The van der Waals surface area contributed by atoms with E-state index < -0.39 is 0 Å². The van der Waals surface area contributed by atoms with Gasteiger partial charge in [-0.1, -0.05) is 0 Å². The Labute approximate surface area is 198 Å². The summed E-state index contributed by atoms with van der Waals surface area (Å²) in [5.74, 6) is 0.895. The quantitative estimate of drug-likeness (QED) is 0.687. The first-order chi connectivity index (χ1) is 15.8. The Morgan fingerprint density at radius 2 is 1.79 bits per heavy atom. The average molecular weight is 458 g/mol. The summed E-state index contributed by atoms with van der Waals surface area (Å²) >= 11 is 0. The summed E-state index contributed by atoms with van der Waals surface area (Å²) < 4.78 is 19.6. The van der Waals surface area contributed by atoms with Crippen molar-refractivity contribution in [2.75, 3.05) is 59.5 Å². The molecule has 2 aliphatic rings. The van der Waals surface area contributed by atoms with Crippen LogP contribution in [0.5, 0.6) is 0 Å². The van der Waals surface area contributed by atoms with Crippen LogP contribution in [0.25, 0.3) is 11.3 Å². The van der Waals surface area contributed by atoms with E-state index in [1.165, 1.54) is 31.6 Å². The molecule has 1 aromatic heterocycles. The van der Waals surface area contributed by atoms with Crippen LogP contribution in [0.3, 0.4) is 0 Å². The van der Waals surface area contributed by atoms with Crippen molar-refractivity contribution >= 4 is 0 Å². The summed E-state index contributed by atoms with van der Waals surface area (Å²) in [6.07, 6.45) is 3.16. The molecule has 6 nitrogen and oxygen atoms in total. The molecule has 33 heavy (non-hydrogen) atoms. The zero-order valence-corrected chi connectivity index (χ0v) is 20.7. The minimum Gasteiger partial charge on any atom is -0.376 e. The molecule has 0 bridgehead atoms. The van der Waals surface area contributed by atoms with E-state index in [0.717, 1.165) is 62.7 Å². The zero-order valence-electron chi connectivity index (χ0n) is 20.7. The highest BCUT2D eigenvalue weighted by Gasteiger charge is 2.35. The third kappa shape index (κ3) is 6.85. The molecule has 3 heterocycles. The van der Waals surface area contributed by atoms with Gasteiger partial charge < -0.3 is 14.5 Å². The minimum absolute atomic E-state index is 0.121. The van der Waals surface area contributed by atoms with Gasteiger partial charge in [0.2, 0.25) is 0 Å². The molecule has 1 aromatic carbocycles. The summed E-state index contributed by atoms with van der Waals surface area (Å²) in [5.41, 5.74) is 3.00. The van der Waals surface area contributed by atoms with Gasteiger partial charge in [-0.25, -0.2) is 4.39 Å². The van der Waals surface area contributed by atoms with Gasteiger partial charge in [-0.05, 0) is 77.5 Å². The van der Waals surface area contributed by atoms with E-state index in [-0.39, 0.29) is 11.4 Å². The highest BCUT2D eigenvalue weighted by molar-refractivity contribution is 5.62. The molecular weight excluding hydrogens is 417 g/mol. The number of rotatable bonds is 7. The molecular formula is C26H40FN5O. The fourth-order valence-electron chi connectivity index (χ4n) is 5.07. The molecule has 1 N–H and O–H groups in total. The van der Waals surface area contributed by atoms with Crippen LogP contribution in [0.1, 0.15) is 32.8 Å². The van der Waals surface area contributed by atoms with E-state index in [1.807, 2.05) is 18.3 Å². The van der Waals surface area contributed by atoms with Gasteiger partial charge in [0.1, 0.15) is 5.82 Å². The van der Waals surface area contributed by atoms with E-state index >= 15 is 0 Å². The van der Waals surface area contributed by atoms with Gasteiger partial charge in [-0.15, -0.1) is 0 Å². The van der Waals surface area contributed by atoms with Crippen molar-refractivity contribution in [2.45, 2.75) is 39.3 Å². The van der Waals surface area contributed by atoms with Gasteiger partial charge in [-0.2, -0.15) is 5.10 Å². The van der Waals surface area contributed by atoms with E-state index in [4.69, 9.17) is 4.74 Å². The van der Waals surface area contributed by atoms with Crippen molar-refractivity contribution < 1.29 is 9.13 Å². The number of benzene rings is 1. The first-order valence-corrected chi connectivity index (χ1v) is 12.3. The van der Waals surface area contributed by atoms with Crippen molar-refractivity contribution in [1.29, 1.82) is 0 Å². The molecule has 0 saturated carbocycles. The Hall–Kier alpha value is -1.80. The SMILES string of the molecule is CN1CCCN(CC2CN(Cc3cn[nH]c3-c3ccc(F)cc3)CC2COC(C)(C)C)CC1. The highest BCUT2D eigenvalue weighted by Crippen LogP contribution is 2.30. The Kier molecular flexibility index (Phi) is 7.84. The monoisotopic (exact) mass is 457 g/mol. The normalized spacial score (nSPS) is 23.8. The third-order valence-electron chi connectivity index (χ3n) is 6.93. The van der Waals surface area contributed by atoms with Crippen LogP contribution in [-0.2, 0) is 11.3 Å². The van der Waals surface area contributed by atoms with E-state index in [1.54, 1.807) is 0 Å². The molecule has 2 atom stereocenters. The second kappa shape index (κ2) is 10.6. The van der Waals surface area contributed by atoms with Crippen molar-refractivity contribution in [3.05, 3.63) is 41.8 Å². The minimum atomic E-state index is -0.219. The lowest BCUT2D eigenvalue weighted by Crippen LogP contribution is -2.37. The predicted octanol–water partition coefficient (Wildman–Crippen LogP) is 3.72. The summed E-state index contributed by atoms with van der Waals surface area (Å²) in [5, 5.41) is 7.42. The average Bonchev–Trinajstić information content (AvgIpc) is 3.31. The number of nitrogens with one attached hydrogen (secondary N) is 1. The number of ether oxygens (including phenoxy) is 1. The van der Waals surface area contributed by atoms with Gasteiger partial charge in [-0.3, -0.25) is 10.00 Å². The van der Waals surface area contributed by atoms with Gasteiger partial charge in [0, 0.05) is 56.3 Å². The number of aromatic nitrogens is 2. The Balaban J connectivity index is 1.43. The molecule has 2 fully saturated rings. The van der Waals surface area contributed by atoms with E-state index in [9.17, 15) is 4.39 Å². The van der Waals surface area contributed by atoms with Crippen molar-refractivity contribution in [3.8, 4) is 11.3 Å². The maximum Gasteiger partial charge on any atom is 0.123 e. The van der Waals surface area contributed by atoms with Crippen LogP contribution in [0.4, 0.5) is 4.39 Å². The molecule has 0 amide bonds. The van der Waals surface area contributed by atoms with Gasteiger partial charge in [0.05, 0.1) is 24.1 Å². The van der Waals surface area contributed by atoms with Gasteiger partial charge >= 0.3 is 0 Å². The van der Waals surface area contributed by atoms with Gasteiger partial charge in [0.15, 0.2) is 0 Å². The lowest BCUT2D eigenvalue weighted by Gasteiger charge is -2.29. The number of aromatic amines is 1. The number of hydrogen-bond donors (Lipinski definition) is 1. The molecule has 0 radical (unpaired) electrons. The number of H-pyrrole nitrogens is 1. The number of likely N-dealkylation sites (N-methyl/N-ethyl adjacent to an activating group) is 1. The zero-order chi connectivity index (χ0) is 23.4. The summed E-state index contributed by atoms with van der Waals surface area (Å²) in [4.78, 5) is 7.64. The standard InChI is InChI=1S/C26H40FN5O/c1-26(2,3)33-19-23-18-32(17-22(23)16-31-11-5-10-30(4)12-13-31)15-21-14-28-29-25(21)20-6-8-24(27)9-7-20/h6-9,14,22-23H,5,10-13,15-19H2,1-4H3,(H,28,29). The van der Waals surface area contributed by atoms with Crippen LogP contribution in [0.2, 0.25) is 0 Å². The van der Waals surface area contributed by atoms with Crippen molar-refractivity contribution in [3.63, 3.8) is 0 Å². The summed E-state index contributed by atoms with van der Waals surface area (Å²) in [6, 6.07) is 6.64. The number of likely N-dealkylation sites (tertiary alicyclic amines) is 1. The van der Waals surface area contributed by atoms with Crippen molar-refractivity contribution in [2.24, 2.45) is 11.8 Å². The van der Waals surface area contributed by atoms with Crippen LogP contribution in [0.15, 0.2) is 30.5 Å². The molecule has 7 heteroatoms. The summed E-state index contributed by atoms with van der Waals surface area (Å²) in [7, 11) is 2.23. The van der Waals surface area contributed by atoms with Crippen LogP contribution in [-0.4, -0.2) is 90.0 Å². The highest BCUT2D eigenvalue weighted by atomic mass is 19.1. The van der Waals surface area contributed by atoms with E-state index in [2.05, 4.69) is 52.7 Å². The van der Waals surface area contributed by atoms with Crippen LogP contribution < -0.4 is 0 Å². The molecule has 4 rings (SSSR count). The first-order valence-electron chi connectivity index (χ1n) is 12.3. The van der Waals surface area contributed by atoms with E-state index in [0.29, 0.717) is 11.8 Å². The van der Waals surface area contributed by atoms with Crippen LogP contribution in [0, 0.1) is 17.7 Å². The Morgan fingerprint density at radius 3 is 2.55 bits per heavy atom. The maximum absolute atomic E-state index is 13.4.